The first-order valence-electron chi connectivity index (χ1n) is 11.9. The van der Waals surface area contributed by atoms with Gasteiger partial charge in [-0.05, 0) is 61.4 Å². The highest BCUT2D eigenvalue weighted by molar-refractivity contribution is 5.77. The van der Waals surface area contributed by atoms with Crippen molar-refractivity contribution in [3.8, 4) is 28.1 Å². The first-order chi connectivity index (χ1) is 16.6. The second-order valence-electron chi connectivity index (χ2n) is 10.3. The fourth-order valence-corrected chi connectivity index (χ4v) is 5.14. The summed E-state index contributed by atoms with van der Waals surface area (Å²) in [6.07, 6.45) is 3.57. The Hall–Kier alpha value is -3.30. The number of aromatic nitrogens is 4. The second-order valence-corrected chi connectivity index (χ2v) is 10.3. The summed E-state index contributed by atoms with van der Waals surface area (Å²) in [6, 6.07) is 8.85. The normalized spacial score (nSPS) is 19.9. The van der Waals surface area contributed by atoms with Gasteiger partial charge in [0.25, 0.3) is 0 Å². The van der Waals surface area contributed by atoms with E-state index in [-0.39, 0.29) is 17.6 Å². The number of aliphatic hydroxyl groups excluding tert-OH is 1. The molecule has 35 heavy (non-hydrogen) atoms. The fourth-order valence-electron chi connectivity index (χ4n) is 5.14. The van der Waals surface area contributed by atoms with Crippen LogP contribution in [0.5, 0.6) is 5.75 Å². The van der Waals surface area contributed by atoms with Crippen LogP contribution >= 0.6 is 0 Å². The zero-order valence-electron chi connectivity index (χ0n) is 20.7. The van der Waals surface area contributed by atoms with Crippen molar-refractivity contribution in [2.24, 2.45) is 17.1 Å². The molecule has 1 fully saturated rings. The van der Waals surface area contributed by atoms with E-state index < -0.39 is 17.1 Å². The summed E-state index contributed by atoms with van der Waals surface area (Å²) in [4.78, 5) is 14.6. The molecule has 2 aromatic heterocycles. The molecule has 9 heteroatoms. The van der Waals surface area contributed by atoms with E-state index in [0.717, 1.165) is 11.1 Å². The number of piperidine rings is 1. The summed E-state index contributed by atoms with van der Waals surface area (Å²) in [7, 11) is 0. The van der Waals surface area contributed by atoms with Gasteiger partial charge in [-0.3, -0.25) is 9.89 Å². The maximum absolute atomic E-state index is 12.7. The minimum atomic E-state index is -0.838. The van der Waals surface area contributed by atoms with Gasteiger partial charge in [-0.1, -0.05) is 19.9 Å². The highest BCUT2D eigenvalue weighted by Crippen LogP contribution is 2.51. The monoisotopic (exact) mass is 478 g/mol. The summed E-state index contributed by atoms with van der Waals surface area (Å²) >= 11 is 0. The molecule has 1 aromatic carbocycles. The molecule has 2 unspecified atom stereocenters. The van der Waals surface area contributed by atoms with Crippen molar-refractivity contribution in [3.63, 3.8) is 0 Å². The van der Waals surface area contributed by atoms with E-state index in [9.17, 15) is 15.0 Å². The van der Waals surface area contributed by atoms with Crippen LogP contribution in [0.2, 0.25) is 0 Å². The number of rotatable bonds is 6. The first-order valence-corrected chi connectivity index (χ1v) is 11.9. The number of aromatic hydroxyl groups is 1. The summed E-state index contributed by atoms with van der Waals surface area (Å²) in [5.41, 5.74) is 8.00. The number of nitrogens with one attached hydrogen (secondary N) is 1. The van der Waals surface area contributed by atoms with Crippen LogP contribution in [0, 0.1) is 11.3 Å². The third-order valence-electron chi connectivity index (χ3n) is 7.98. The zero-order chi connectivity index (χ0) is 25.4. The lowest BCUT2D eigenvalue weighted by Crippen LogP contribution is -2.63. The van der Waals surface area contributed by atoms with Gasteiger partial charge in [0, 0.05) is 42.4 Å². The number of likely N-dealkylation sites (tertiary alicyclic amines) is 1. The minimum absolute atomic E-state index is 0.0428. The number of hydrogen-bond acceptors (Lipinski definition) is 7. The Morgan fingerprint density at radius 3 is 2.57 bits per heavy atom. The number of nitrogens with zero attached hydrogens (tertiary/aromatic N) is 4. The zero-order valence-corrected chi connectivity index (χ0v) is 20.7. The molecule has 0 radical (unpaired) electrons. The van der Waals surface area contributed by atoms with Gasteiger partial charge in [-0.15, -0.1) is 0 Å². The summed E-state index contributed by atoms with van der Waals surface area (Å²) in [6.45, 7) is 9.14. The Bertz CT molecular complexity index is 1170. The molecule has 0 bridgehead atoms. The van der Waals surface area contributed by atoms with Crippen molar-refractivity contribution in [1.29, 1.82) is 0 Å². The van der Waals surface area contributed by atoms with E-state index in [4.69, 9.17) is 5.73 Å². The number of carbonyl (C=O) groups excluding carboxylic acids is 1. The molecule has 5 N–H and O–H groups in total. The van der Waals surface area contributed by atoms with Crippen LogP contribution in [-0.2, 0) is 4.79 Å². The SMILES string of the molecule is CC1(C)C(C(O)c2ccc(-c3ccc(-c4cn[nH]c4)cc3O)nn2)CCN(C(=O)CCN)C1(C)C. The first kappa shape index (κ1) is 24.8. The minimum Gasteiger partial charge on any atom is -0.507 e. The number of aliphatic hydroxyl groups is 1. The van der Waals surface area contributed by atoms with Gasteiger partial charge in [0.1, 0.15) is 11.9 Å². The highest BCUT2D eigenvalue weighted by atomic mass is 16.3. The van der Waals surface area contributed by atoms with Crippen molar-refractivity contribution < 1.29 is 15.0 Å². The third-order valence-corrected chi connectivity index (χ3v) is 7.98. The molecule has 1 amide bonds. The lowest BCUT2D eigenvalue weighted by molar-refractivity contribution is -0.157. The summed E-state index contributed by atoms with van der Waals surface area (Å²) in [5, 5.41) is 37.2. The predicted octanol–water partition coefficient (Wildman–Crippen LogP) is 3.27. The van der Waals surface area contributed by atoms with Gasteiger partial charge < -0.3 is 20.8 Å². The number of amides is 1. The maximum atomic E-state index is 12.7. The molecule has 0 aliphatic carbocycles. The Balaban J connectivity index is 1.54. The average Bonchev–Trinajstić information content (AvgIpc) is 3.36. The van der Waals surface area contributed by atoms with Crippen LogP contribution in [0.4, 0.5) is 0 Å². The largest absolute Gasteiger partial charge is 0.507 e. The molecule has 1 aliphatic rings. The number of benzene rings is 1. The summed E-state index contributed by atoms with van der Waals surface area (Å²) in [5.74, 6) is 0.00665. The van der Waals surface area contributed by atoms with Gasteiger partial charge in [0.2, 0.25) is 5.91 Å². The fraction of sp³-hybridized carbons (Fsp3) is 0.462. The van der Waals surface area contributed by atoms with Crippen molar-refractivity contribution in [2.45, 2.75) is 52.2 Å². The average molecular weight is 479 g/mol. The Labute approximate surface area is 205 Å². The Morgan fingerprint density at radius 2 is 1.97 bits per heavy atom. The van der Waals surface area contributed by atoms with E-state index in [1.807, 2.05) is 24.8 Å². The van der Waals surface area contributed by atoms with Crippen molar-refractivity contribution in [3.05, 3.63) is 48.4 Å². The number of aromatic amines is 1. The van der Waals surface area contributed by atoms with Gasteiger partial charge in [-0.25, -0.2) is 0 Å². The van der Waals surface area contributed by atoms with Gasteiger partial charge in [0.05, 0.1) is 17.6 Å². The molecular weight excluding hydrogens is 444 g/mol. The van der Waals surface area contributed by atoms with Crippen LogP contribution in [-0.4, -0.2) is 60.0 Å². The lowest BCUT2D eigenvalue weighted by atomic mass is 9.59. The van der Waals surface area contributed by atoms with Crippen LogP contribution in [0.25, 0.3) is 22.4 Å². The molecule has 3 aromatic rings. The molecule has 1 aliphatic heterocycles. The molecule has 186 valence electrons. The van der Waals surface area contributed by atoms with Crippen molar-refractivity contribution in [2.75, 3.05) is 13.1 Å². The Kier molecular flexibility index (Phi) is 6.66. The van der Waals surface area contributed by atoms with E-state index in [1.165, 1.54) is 0 Å². The highest BCUT2D eigenvalue weighted by Gasteiger charge is 2.53. The van der Waals surface area contributed by atoms with Crippen LogP contribution in [0.15, 0.2) is 42.7 Å². The van der Waals surface area contributed by atoms with Crippen LogP contribution in [0.3, 0.4) is 0 Å². The van der Waals surface area contributed by atoms with Gasteiger partial charge in [0.15, 0.2) is 0 Å². The van der Waals surface area contributed by atoms with Crippen molar-refractivity contribution >= 4 is 5.91 Å². The Morgan fingerprint density at radius 1 is 1.20 bits per heavy atom. The number of carbonyl (C=O) groups is 1. The number of phenols is 1. The number of hydrogen-bond donors (Lipinski definition) is 4. The van der Waals surface area contributed by atoms with Crippen LogP contribution in [0.1, 0.15) is 52.3 Å². The molecule has 1 saturated heterocycles. The standard InChI is InChI=1S/C26H34N6O3/c1-25(2)19(10-12-32(26(25,3)4)23(34)9-11-27)24(35)21-8-7-20(30-31-21)18-6-5-16(13-22(18)33)17-14-28-29-15-17/h5-8,13-15,19,24,33,35H,9-12,27H2,1-4H3,(H,28,29). The molecule has 9 nitrogen and oxygen atoms in total. The molecule has 0 spiro atoms. The molecule has 4 rings (SSSR count). The van der Waals surface area contributed by atoms with Crippen molar-refractivity contribution in [1.82, 2.24) is 25.3 Å². The molecule has 3 heterocycles. The van der Waals surface area contributed by atoms with E-state index in [2.05, 4.69) is 34.2 Å². The number of H-pyrrole nitrogens is 1. The molecule has 0 saturated carbocycles. The van der Waals surface area contributed by atoms with Gasteiger partial charge >= 0.3 is 0 Å². The second kappa shape index (κ2) is 9.39. The number of nitrogens with two attached hydrogens (primary N) is 1. The molecular formula is C26H34N6O3. The molecule has 2 atom stereocenters. The van der Waals surface area contributed by atoms with E-state index in [0.29, 0.717) is 42.9 Å². The van der Waals surface area contributed by atoms with E-state index in [1.54, 1.807) is 36.7 Å². The summed E-state index contributed by atoms with van der Waals surface area (Å²) < 4.78 is 0. The number of phenolic OH excluding ortho intramolecular Hbond substituents is 1. The third kappa shape index (κ3) is 4.41. The van der Waals surface area contributed by atoms with Gasteiger partial charge in [-0.2, -0.15) is 15.3 Å². The quantitative estimate of drug-likeness (QED) is 0.426. The van der Waals surface area contributed by atoms with Crippen LogP contribution < -0.4 is 5.73 Å². The smallest absolute Gasteiger partial charge is 0.224 e. The maximum Gasteiger partial charge on any atom is 0.224 e. The predicted molar refractivity (Wildman–Crippen MR) is 133 cm³/mol. The van der Waals surface area contributed by atoms with E-state index >= 15 is 0 Å². The topological polar surface area (TPSA) is 141 Å². The lowest BCUT2D eigenvalue weighted by Gasteiger charge is -2.58.